The molecule has 0 heterocycles. The molecule has 0 aromatic carbocycles. The van der Waals surface area contributed by atoms with E-state index in [1.165, 1.54) is 0 Å². The van der Waals surface area contributed by atoms with E-state index in [2.05, 4.69) is 33.9 Å². The summed E-state index contributed by atoms with van der Waals surface area (Å²) in [5.41, 5.74) is 2.84. The van der Waals surface area contributed by atoms with Gasteiger partial charge in [-0.15, -0.1) is 0 Å². The highest BCUT2D eigenvalue weighted by atomic mass is 28.3. The van der Waals surface area contributed by atoms with Gasteiger partial charge < -0.3 is 5.11 Å². The van der Waals surface area contributed by atoms with Gasteiger partial charge in [0.25, 0.3) is 0 Å². The number of carboxylic acids is 1. The van der Waals surface area contributed by atoms with Crippen LogP contribution in [0.25, 0.3) is 0 Å². The maximum Gasteiger partial charge on any atom is 0.330 e. The van der Waals surface area contributed by atoms with E-state index in [0.29, 0.717) is 11.0 Å². The minimum atomic E-state index is -1.48. The maximum absolute atomic E-state index is 10.7. The fraction of sp³-hybridized carbons (Fsp3) is 0.750. The van der Waals surface area contributed by atoms with Gasteiger partial charge in [-0.25, -0.2) is 4.79 Å². The predicted octanol–water partition coefficient (Wildman–Crippen LogP) is 3.70. The summed E-state index contributed by atoms with van der Waals surface area (Å²) < 4.78 is 0. The quantitative estimate of drug-likeness (QED) is 0.588. The minimum Gasteiger partial charge on any atom is -0.478 e. The van der Waals surface area contributed by atoms with Gasteiger partial charge in [0.15, 0.2) is 0 Å². The van der Waals surface area contributed by atoms with Crippen molar-refractivity contribution in [3.05, 3.63) is 11.3 Å². The van der Waals surface area contributed by atoms with Gasteiger partial charge in [-0.05, 0) is 12.3 Å². The molecular weight excluding hydrogens is 204 g/mol. The molecule has 0 bridgehead atoms. The van der Waals surface area contributed by atoms with E-state index in [9.17, 15) is 4.79 Å². The Morgan fingerprint density at radius 3 is 2.13 bits per heavy atom. The maximum atomic E-state index is 10.7. The predicted molar refractivity (Wildman–Crippen MR) is 67.8 cm³/mol. The van der Waals surface area contributed by atoms with E-state index in [4.69, 9.17) is 5.11 Å². The van der Waals surface area contributed by atoms with Gasteiger partial charge in [-0.3, -0.25) is 0 Å². The van der Waals surface area contributed by atoms with Crippen molar-refractivity contribution >= 4 is 14.0 Å². The molecule has 0 amide bonds. The summed E-state index contributed by atoms with van der Waals surface area (Å²) in [7, 11) is -1.48. The zero-order valence-corrected chi connectivity index (χ0v) is 11.8. The Kier molecular flexibility index (Phi) is 4.78. The van der Waals surface area contributed by atoms with E-state index < -0.39 is 14.0 Å². The van der Waals surface area contributed by atoms with Crippen LogP contribution in [-0.4, -0.2) is 19.1 Å². The van der Waals surface area contributed by atoms with Crippen LogP contribution in [0, 0.1) is 5.41 Å². The Balaban J connectivity index is 4.44. The third-order valence-corrected chi connectivity index (χ3v) is 5.22. The first-order valence-electron chi connectivity index (χ1n) is 5.46. The molecule has 3 heteroatoms. The third kappa shape index (κ3) is 7.37. The third-order valence-electron chi connectivity index (χ3n) is 2.46. The molecule has 0 unspecified atom stereocenters. The minimum absolute atomic E-state index is 0.342. The molecule has 0 rings (SSSR count). The summed E-state index contributed by atoms with van der Waals surface area (Å²) in [5.74, 6) is -0.786. The summed E-state index contributed by atoms with van der Waals surface area (Å²) in [6.45, 7) is 12.8. The van der Waals surface area contributed by atoms with Crippen molar-refractivity contribution in [2.24, 2.45) is 5.41 Å². The van der Waals surface area contributed by atoms with E-state index in [-0.39, 0.29) is 0 Å². The van der Waals surface area contributed by atoms with Crippen molar-refractivity contribution in [3.8, 4) is 0 Å². The molecule has 0 atom stereocenters. The molecular formula is C12H24O2Si. The van der Waals surface area contributed by atoms with E-state index in [0.717, 1.165) is 12.5 Å². The molecule has 0 spiro atoms. The molecule has 0 aliphatic carbocycles. The molecule has 0 aromatic rings. The molecule has 0 saturated heterocycles. The number of hydrogen-bond acceptors (Lipinski definition) is 1. The lowest BCUT2D eigenvalue weighted by atomic mass is 9.94. The highest BCUT2D eigenvalue weighted by Gasteiger charge is 2.22. The van der Waals surface area contributed by atoms with Crippen LogP contribution in [0.4, 0.5) is 0 Å². The molecule has 88 valence electrons. The lowest BCUT2D eigenvalue weighted by Gasteiger charge is -2.25. The molecule has 15 heavy (non-hydrogen) atoms. The van der Waals surface area contributed by atoms with Gasteiger partial charge in [-0.2, -0.15) is 0 Å². The van der Waals surface area contributed by atoms with Crippen molar-refractivity contribution in [2.45, 2.75) is 53.3 Å². The summed E-state index contributed by atoms with van der Waals surface area (Å²) >= 11 is 0. The second-order valence-corrected chi connectivity index (χ2v) is 10.9. The topological polar surface area (TPSA) is 37.3 Å². The molecule has 0 radical (unpaired) electrons. The van der Waals surface area contributed by atoms with Crippen LogP contribution in [0.3, 0.4) is 0 Å². The Bertz CT molecular complexity index is 259. The number of carbonyl (C=O) groups is 1. The van der Waals surface area contributed by atoms with Gasteiger partial charge in [0.2, 0.25) is 0 Å². The number of aliphatic carboxylic acids is 1. The zero-order chi connectivity index (χ0) is 12.3. The van der Waals surface area contributed by atoms with Crippen LogP contribution in [0.2, 0.25) is 19.1 Å². The van der Waals surface area contributed by atoms with Crippen LogP contribution >= 0.6 is 0 Å². The number of hydrogen-bond donors (Lipinski definition) is 1. The van der Waals surface area contributed by atoms with Crippen LogP contribution in [0.1, 0.15) is 34.1 Å². The van der Waals surface area contributed by atoms with Crippen LogP contribution in [0.15, 0.2) is 11.3 Å². The van der Waals surface area contributed by atoms with Crippen molar-refractivity contribution in [1.29, 1.82) is 0 Å². The molecule has 1 N–H and O–H groups in total. The van der Waals surface area contributed by atoms with Gasteiger partial charge in [0, 0.05) is 5.57 Å². The standard InChI is InChI=1S/C12H24O2Si/c1-10(11(13)14)9-15(5,6)8-7-12(2,3)4/h9H,7-8H2,1-6H3,(H,13,14). The molecule has 0 aromatic heterocycles. The van der Waals surface area contributed by atoms with Crippen molar-refractivity contribution in [1.82, 2.24) is 0 Å². The second kappa shape index (κ2) is 4.97. The van der Waals surface area contributed by atoms with Gasteiger partial charge in [0.05, 0.1) is 8.07 Å². The molecule has 0 aliphatic heterocycles. The lowest BCUT2D eigenvalue weighted by molar-refractivity contribution is -0.132. The molecule has 0 aliphatic rings. The van der Waals surface area contributed by atoms with E-state index >= 15 is 0 Å². The highest BCUT2D eigenvalue weighted by molar-refractivity contribution is 6.82. The molecule has 0 saturated carbocycles. The Labute approximate surface area is 94.4 Å². The summed E-state index contributed by atoms with van der Waals surface area (Å²) in [5, 5.41) is 8.83. The van der Waals surface area contributed by atoms with Crippen LogP contribution in [0.5, 0.6) is 0 Å². The van der Waals surface area contributed by atoms with Gasteiger partial charge in [-0.1, -0.05) is 52.0 Å². The SMILES string of the molecule is CC(=C[Si](C)(C)CCC(C)(C)C)C(=O)O. The Hall–Kier alpha value is -0.573. The average molecular weight is 228 g/mol. The average Bonchev–Trinajstić information content (AvgIpc) is 1.99. The summed E-state index contributed by atoms with van der Waals surface area (Å²) in [6.07, 6.45) is 1.16. The first kappa shape index (κ1) is 14.4. The monoisotopic (exact) mass is 228 g/mol. The van der Waals surface area contributed by atoms with E-state index in [1.54, 1.807) is 6.92 Å². The van der Waals surface area contributed by atoms with Gasteiger partial charge >= 0.3 is 5.97 Å². The van der Waals surface area contributed by atoms with Crippen molar-refractivity contribution in [3.63, 3.8) is 0 Å². The second-order valence-electron chi connectivity index (χ2n) is 6.18. The molecule has 2 nitrogen and oxygen atoms in total. The zero-order valence-electron chi connectivity index (χ0n) is 10.8. The summed E-state index contributed by atoms with van der Waals surface area (Å²) in [4.78, 5) is 10.7. The smallest absolute Gasteiger partial charge is 0.330 e. The van der Waals surface area contributed by atoms with Crippen LogP contribution < -0.4 is 0 Å². The normalized spacial score (nSPS) is 14.1. The number of rotatable bonds is 4. The molecule has 0 fully saturated rings. The Morgan fingerprint density at radius 1 is 1.33 bits per heavy atom. The fourth-order valence-electron chi connectivity index (χ4n) is 1.42. The van der Waals surface area contributed by atoms with Crippen LogP contribution in [-0.2, 0) is 4.79 Å². The Morgan fingerprint density at radius 2 is 1.80 bits per heavy atom. The van der Waals surface area contributed by atoms with Gasteiger partial charge in [0.1, 0.15) is 0 Å². The fourth-order valence-corrected chi connectivity index (χ4v) is 4.25. The largest absolute Gasteiger partial charge is 0.478 e. The van der Waals surface area contributed by atoms with E-state index in [1.807, 2.05) is 5.70 Å². The van der Waals surface area contributed by atoms with Crippen molar-refractivity contribution < 1.29 is 9.90 Å². The first-order valence-corrected chi connectivity index (χ1v) is 8.75. The first-order chi connectivity index (χ1) is 6.53. The number of carboxylic acid groups (broad SMARTS) is 1. The highest BCUT2D eigenvalue weighted by Crippen LogP contribution is 2.26. The van der Waals surface area contributed by atoms with Crippen molar-refractivity contribution in [2.75, 3.05) is 0 Å². The summed E-state index contributed by atoms with van der Waals surface area (Å²) in [6, 6.07) is 1.15. The lowest BCUT2D eigenvalue weighted by Crippen LogP contribution is -2.26.